The van der Waals surface area contributed by atoms with Gasteiger partial charge in [-0.25, -0.2) is 0 Å². The van der Waals surface area contributed by atoms with Crippen molar-refractivity contribution in [2.75, 3.05) is 36.5 Å². The summed E-state index contributed by atoms with van der Waals surface area (Å²) in [5.41, 5.74) is 1.46. The lowest BCUT2D eigenvalue weighted by Crippen LogP contribution is -2.46. The van der Waals surface area contributed by atoms with Crippen molar-refractivity contribution in [2.45, 2.75) is 13.8 Å². The number of halogens is 1. The predicted octanol–water partition coefficient (Wildman–Crippen LogP) is 3.30. The van der Waals surface area contributed by atoms with E-state index in [0.29, 0.717) is 40.2 Å². The van der Waals surface area contributed by atoms with E-state index in [1.54, 1.807) is 41.3 Å². The number of anilines is 2. The van der Waals surface area contributed by atoms with Crippen LogP contribution in [-0.2, 0) is 9.59 Å². The van der Waals surface area contributed by atoms with Gasteiger partial charge in [0.25, 0.3) is 11.8 Å². The second kappa shape index (κ2) is 9.09. The Bertz CT molecular complexity index is 943. The number of carbonyl (C=O) groups excluding carboxylic acids is 3. The van der Waals surface area contributed by atoms with Crippen molar-refractivity contribution in [2.24, 2.45) is 0 Å². The van der Waals surface area contributed by atoms with E-state index in [-0.39, 0.29) is 30.9 Å². The number of nitrogens with one attached hydrogen (secondary N) is 1. The van der Waals surface area contributed by atoms with Crippen molar-refractivity contribution in [1.29, 1.82) is 0 Å². The summed E-state index contributed by atoms with van der Waals surface area (Å²) < 4.78 is 6.17. The average molecular weight is 460 g/mol. The summed E-state index contributed by atoms with van der Waals surface area (Å²) in [7, 11) is 0. The molecule has 0 fully saturated rings. The van der Waals surface area contributed by atoms with E-state index >= 15 is 0 Å². The van der Waals surface area contributed by atoms with Gasteiger partial charge in [0.1, 0.15) is 12.3 Å². The third kappa shape index (κ3) is 4.59. The van der Waals surface area contributed by atoms with Gasteiger partial charge in [0.2, 0.25) is 5.91 Å². The summed E-state index contributed by atoms with van der Waals surface area (Å²) in [6.07, 6.45) is 0. The second-order valence-corrected chi connectivity index (χ2v) is 7.31. The number of fused-ring (bicyclic) bond motifs is 1. The van der Waals surface area contributed by atoms with Gasteiger partial charge in [-0.2, -0.15) is 0 Å². The molecule has 0 atom stereocenters. The van der Waals surface area contributed by atoms with Gasteiger partial charge in [0.05, 0.1) is 11.3 Å². The molecule has 0 bridgehead atoms. The lowest BCUT2D eigenvalue weighted by molar-refractivity contribution is -0.131. The van der Waals surface area contributed by atoms with Gasteiger partial charge in [-0.05, 0) is 60.1 Å². The first kappa shape index (κ1) is 20.9. The molecule has 1 heterocycles. The van der Waals surface area contributed by atoms with Gasteiger partial charge in [-0.15, -0.1) is 0 Å². The molecule has 7 nitrogen and oxygen atoms in total. The Balaban J connectivity index is 1.85. The number of ether oxygens (including phenoxy) is 1. The Morgan fingerprint density at radius 3 is 2.59 bits per heavy atom. The fraction of sp³-hybridized carbons (Fsp3) is 0.286. The van der Waals surface area contributed by atoms with Crippen LogP contribution in [0.2, 0.25) is 0 Å². The first-order chi connectivity index (χ1) is 13.9. The normalized spacial score (nSPS) is 12.8. The largest absolute Gasteiger partial charge is 0.482 e. The standard InChI is InChI=1S/C21H22BrN3O4/c1-3-24(4-2)19(26)12-25-17-11-14(9-10-18(17)29-13-20(25)27)23-21(28)15-7-5-6-8-16(15)22/h5-11H,3-4,12-13H2,1-2H3,(H,23,28). The molecular weight excluding hydrogens is 438 g/mol. The zero-order chi connectivity index (χ0) is 21.0. The minimum Gasteiger partial charge on any atom is -0.482 e. The maximum absolute atomic E-state index is 12.6. The van der Waals surface area contributed by atoms with E-state index in [1.165, 1.54) is 4.90 Å². The minimum absolute atomic E-state index is 0.0709. The summed E-state index contributed by atoms with van der Waals surface area (Å²) in [4.78, 5) is 40.6. The number of rotatable bonds is 6. The Hall–Kier alpha value is -2.87. The zero-order valence-corrected chi connectivity index (χ0v) is 17.9. The van der Waals surface area contributed by atoms with Crippen molar-refractivity contribution >= 4 is 45.0 Å². The van der Waals surface area contributed by atoms with Crippen molar-refractivity contribution in [3.8, 4) is 5.75 Å². The number of nitrogens with zero attached hydrogens (tertiary/aromatic N) is 2. The molecule has 3 rings (SSSR count). The summed E-state index contributed by atoms with van der Waals surface area (Å²) in [6, 6.07) is 12.1. The van der Waals surface area contributed by atoms with Crippen LogP contribution < -0.4 is 15.0 Å². The number of carbonyl (C=O) groups is 3. The number of hydrogen-bond donors (Lipinski definition) is 1. The Labute approximate surface area is 177 Å². The van der Waals surface area contributed by atoms with Gasteiger partial charge < -0.3 is 15.0 Å². The molecule has 1 aliphatic rings. The van der Waals surface area contributed by atoms with Crippen molar-refractivity contribution in [3.63, 3.8) is 0 Å². The van der Waals surface area contributed by atoms with E-state index < -0.39 is 0 Å². The lowest BCUT2D eigenvalue weighted by atomic mass is 10.1. The molecule has 0 unspecified atom stereocenters. The molecule has 0 saturated heterocycles. The smallest absolute Gasteiger partial charge is 0.265 e. The SMILES string of the molecule is CCN(CC)C(=O)CN1C(=O)COc2ccc(NC(=O)c3ccccc3Br)cc21. The van der Waals surface area contributed by atoms with Crippen LogP contribution in [0.1, 0.15) is 24.2 Å². The molecule has 1 N–H and O–H groups in total. The molecule has 0 aliphatic carbocycles. The van der Waals surface area contributed by atoms with Crippen LogP contribution in [0.5, 0.6) is 5.75 Å². The maximum Gasteiger partial charge on any atom is 0.265 e. The van der Waals surface area contributed by atoms with Crippen LogP contribution in [0.25, 0.3) is 0 Å². The highest BCUT2D eigenvalue weighted by Crippen LogP contribution is 2.35. The molecule has 152 valence electrons. The fourth-order valence-corrected chi connectivity index (χ4v) is 3.57. The molecule has 1 aliphatic heterocycles. The third-order valence-corrected chi connectivity index (χ3v) is 5.38. The summed E-state index contributed by atoms with van der Waals surface area (Å²) in [6.45, 7) is 4.74. The molecule has 2 aromatic carbocycles. The molecule has 0 aromatic heterocycles. The molecular formula is C21H22BrN3O4. The quantitative estimate of drug-likeness (QED) is 0.718. The number of likely N-dealkylation sites (N-methyl/N-ethyl adjacent to an activating group) is 1. The van der Waals surface area contributed by atoms with Gasteiger partial charge in [-0.1, -0.05) is 12.1 Å². The van der Waals surface area contributed by atoms with E-state index in [2.05, 4.69) is 21.2 Å². The molecule has 0 radical (unpaired) electrons. The van der Waals surface area contributed by atoms with Crippen LogP contribution >= 0.6 is 15.9 Å². The maximum atomic E-state index is 12.6. The third-order valence-electron chi connectivity index (χ3n) is 4.69. The summed E-state index contributed by atoms with van der Waals surface area (Å²) >= 11 is 3.37. The van der Waals surface area contributed by atoms with Gasteiger partial charge in [-0.3, -0.25) is 19.3 Å². The highest BCUT2D eigenvalue weighted by Gasteiger charge is 2.29. The first-order valence-corrected chi connectivity index (χ1v) is 10.1. The fourth-order valence-electron chi connectivity index (χ4n) is 3.11. The van der Waals surface area contributed by atoms with Crippen LogP contribution in [0, 0.1) is 0 Å². The van der Waals surface area contributed by atoms with Crippen LogP contribution in [0.4, 0.5) is 11.4 Å². The van der Waals surface area contributed by atoms with E-state index in [1.807, 2.05) is 19.9 Å². The van der Waals surface area contributed by atoms with Gasteiger partial charge in [0.15, 0.2) is 6.61 Å². The number of benzene rings is 2. The first-order valence-electron chi connectivity index (χ1n) is 9.35. The van der Waals surface area contributed by atoms with Crippen LogP contribution in [0.3, 0.4) is 0 Å². The van der Waals surface area contributed by atoms with E-state index in [4.69, 9.17) is 4.74 Å². The van der Waals surface area contributed by atoms with E-state index in [0.717, 1.165) is 0 Å². The van der Waals surface area contributed by atoms with E-state index in [9.17, 15) is 14.4 Å². The molecule has 2 aromatic rings. The summed E-state index contributed by atoms with van der Waals surface area (Å²) in [5.74, 6) is -0.228. The Morgan fingerprint density at radius 1 is 1.17 bits per heavy atom. The molecule has 0 spiro atoms. The van der Waals surface area contributed by atoms with Gasteiger partial charge >= 0.3 is 0 Å². The average Bonchev–Trinajstić information content (AvgIpc) is 2.71. The van der Waals surface area contributed by atoms with Crippen molar-refractivity contribution < 1.29 is 19.1 Å². The second-order valence-electron chi connectivity index (χ2n) is 6.45. The Kier molecular flexibility index (Phi) is 6.53. The molecule has 3 amide bonds. The van der Waals surface area contributed by atoms with Crippen molar-refractivity contribution in [3.05, 3.63) is 52.5 Å². The molecule has 29 heavy (non-hydrogen) atoms. The molecule has 8 heteroatoms. The molecule has 0 saturated carbocycles. The van der Waals surface area contributed by atoms with Crippen LogP contribution in [0.15, 0.2) is 46.9 Å². The Morgan fingerprint density at radius 2 is 1.90 bits per heavy atom. The highest BCUT2D eigenvalue weighted by molar-refractivity contribution is 9.10. The highest BCUT2D eigenvalue weighted by atomic mass is 79.9. The van der Waals surface area contributed by atoms with Crippen molar-refractivity contribution in [1.82, 2.24) is 4.90 Å². The number of hydrogen-bond acceptors (Lipinski definition) is 4. The van der Waals surface area contributed by atoms with Crippen LogP contribution in [-0.4, -0.2) is 48.9 Å². The van der Waals surface area contributed by atoms with Gasteiger partial charge in [0, 0.05) is 23.2 Å². The predicted molar refractivity (Wildman–Crippen MR) is 114 cm³/mol. The topological polar surface area (TPSA) is 79.0 Å². The monoisotopic (exact) mass is 459 g/mol. The minimum atomic E-state index is -0.299. The zero-order valence-electron chi connectivity index (χ0n) is 16.3. The lowest BCUT2D eigenvalue weighted by Gasteiger charge is -2.31. The number of amides is 3. The summed E-state index contributed by atoms with van der Waals surface area (Å²) in [5, 5.41) is 2.83.